The summed E-state index contributed by atoms with van der Waals surface area (Å²) in [5.74, 6) is 0.216. The maximum absolute atomic E-state index is 12.8. The number of rotatable bonds is 6. The van der Waals surface area contributed by atoms with Crippen LogP contribution in [-0.2, 0) is 17.9 Å². The van der Waals surface area contributed by atoms with Crippen LogP contribution in [0.5, 0.6) is 0 Å². The second-order valence-corrected chi connectivity index (χ2v) is 4.91. The predicted molar refractivity (Wildman–Crippen MR) is 79.4 cm³/mol. The molecule has 0 aliphatic heterocycles. The van der Waals surface area contributed by atoms with Gasteiger partial charge in [-0.2, -0.15) is 8.78 Å². The van der Waals surface area contributed by atoms with E-state index in [0.717, 1.165) is 15.8 Å². The maximum Gasteiger partial charge on any atom is 0.319 e. The lowest BCUT2D eigenvalue weighted by Crippen LogP contribution is -2.23. The third-order valence-electron chi connectivity index (χ3n) is 3.36. The van der Waals surface area contributed by atoms with Crippen molar-refractivity contribution in [1.82, 2.24) is 14.5 Å². The molecule has 0 fully saturated rings. The van der Waals surface area contributed by atoms with Crippen molar-refractivity contribution >= 4 is 11.6 Å². The van der Waals surface area contributed by atoms with E-state index in [1.54, 1.807) is 11.9 Å². The minimum atomic E-state index is -2.61. The molecule has 0 bridgehead atoms. The van der Waals surface area contributed by atoms with Crippen LogP contribution in [0.2, 0.25) is 0 Å². The van der Waals surface area contributed by atoms with E-state index in [4.69, 9.17) is 0 Å². The van der Waals surface area contributed by atoms with Gasteiger partial charge >= 0.3 is 6.55 Å². The Bertz CT molecular complexity index is 642. The summed E-state index contributed by atoms with van der Waals surface area (Å²) in [6.45, 7) is -0.492. The molecule has 0 saturated heterocycles. The first-order chi connectivity index (χ1) is 10.5. The fourth-order valence-electron chi connectivity index (χ4n) is 2.03. The molecule has 22 heavy (non-hydrogen) atoms. The molecule has 0 atom stereocenters. The Kier molecular flexibility index (Phi) is 5.08. The third-order valence-corrected chi connectivity index (χ3v) is 3.36. The van der Waals surface area contributed by atoms with Gasteiger partial charge in [0.2, 0.25) is 5.91 Å². The maximum atomic E-state index is 12.8. The molecular weight excluding hydrogens is 290 g/mol. The summed E-state index contributed by atoms with van der Waals surface area (Å²) in [6.07, 6.45) is 2.59. The van der Waals surface area contributed by atoms with Crippen molar-refractivity contribution in [3.05, 3.63) is 48.0 Å². The molecule has 1 aromatic heterocycles. The number of benzene rings is 1. The van der Waals surface area contributed by atoms with E-state index in [9.17, 15) is 13.6 Å². The summed E-state index contributed by atoms with van der Waals surface area (Å²) in [7, 11) is 1.71. The zero-order valence-electron chi connectivity index (χ0n) is 12.5. The van der Waals surface area contributed by atoms with E-state index in [2.05, 4.69) is 10.3 Å². The predicted octanol–water partition coefficient (Wildman–Crippen LogP) is 2.87. The van der Waals surface area contributed by atoms with Gasteiger partial charge in [-0.15, -0.1) is 0 Å². The number of amides is 1. The van der Waals surface area contributed by atoms with Crippen molar-refractivity contribution < 1.29 is 13.6 Å². The minimum absolute atomic E-state index is 0.0388. The largest absolute Gasteiger partial charge is 0.378 e. The molecule has 5 nitrogen and oxygen atoms in total. The first-order valence-electron chi connectivity index (χ1n) is 6.82. The summed E-state index contributed by atoms with van der Waals surface area (Å²) < 4.78 is 26.4. The van der Waals surface area contributed by atoms with Gasteiger partial charge in [-0.3, -0.25) is 9.36 Å². The summed E-state index contributed by atoms with van der Waals surface area (Å²) in [5.41, 5.74) is 1.70. The number of hydrogen-bond acceptors (Lipinski definition) is 3. The minimum Gasteiger partial charge on any atom is -0.378 e. The van der Waals surface area contributed by atoms with E-state index in [0.29, 0.717) is 6.54 Å². The van der Waals surface area contributed by atoms with Crippen LogP contribution in [0.3, 0.4) is 0 Å². The Morgan fingerprint density at radius 3 is 2.82 bits per heavy atom. The van der Waals surface area contributed by atoms with Crippen LogP contribution < -0.4 is 5.32 Å². The SMILES string of the molecule is CC(=O)N(C)Cc1ccccc1NCc1nccn1C(F)F. The van der Waals surface area contributed by atoms with E-state index < -0.39 is 6.55 Å². The molecule has 0 spiro atoms. The van der Waals surface area contributed by atoms with Gasteiger partial charge in [0.05, 0.1) is 6.54 Å². The molecule has 7 heteroatoms. The number of hydrogen-bond donors (Lipinski definition) is 1. The summed E-state index contributed by atoms with van der Waals surface area (Å²) >= 11 is 0. The van der Waals surface area contributed by atoms with Gasteiger partial charge in [0.25, 0.3) is 0 Å². The number of anilines is 1. The van der Waals surface area contributed by atoms with Crippen molar-refractivity contribution in [2.24, 2.45) is 0 Å². The highest BCUT2D eigenvalue weighted by Gasteiger charge is 2.12. The average molecular weight is 308 g/mol. The number of nitrogens with zero attached hydrogens (tertiary/aromatic N) is 3. The van der Waals surface area contributed by atoms with E-state index in [1.165, 1.54) is 19.3 Å². The fourth-order valence-corrected chi connectivity index (χ4v) is 2.03. The number of aromatic nitrogens is 2. The molecule has 2 aromatic rings. The van der Waals surface area contributed by atoms with Crippen LogP contribution in [0, 0.1) is 0 Å². The number of alkyl halides is 2. The first-order valence-corrected chi connectivity index (χ1v) is 6.82. The van der Waals surface area contributed by atoms with Crippen molar-refractivity contribution in [2.45, 2.75) is 26.6 Å². The number of nitrogens with one attached hydrogen (secondary N) is 1. The zero-order valence-corrected chi connectivity index (χ0v) is 12.5. The second kappa shape index (κ2) is 7.02. The Morgan fingerprint density at radius 1 is 1.41 bits per heavy atom. The van der Waals surface area contributed by atoms with Gasteiger partial charge < -0.3 is 10.2 Å². The highest BCUT2D eigenvalue weighted by Crippen LogP contribution is 2.19. The third kappa shape index (κ3) is 3.81. The molecular formula is C15H18F2N4O. The zero-order chi connectivity index (χ0) is 16.1. The van der Waals surface area contributed by atoms with Crippen LogP contribution in [0.4, 0.5) is 14.5 Å². The summed E-state index contributed by atoms with van der Waals surface area (Å²) in [4.78, 5) is 16.8. The summed E-state index contributed by atoms with van der Waals surface area (Å²) in [6, 6.07) is 7.45. The molecule has 2 rings (SSSR count). The molecule has 118 valence electrons. The molecule has 0 aliphatic rings. The van der Waals surface area contributed by atoms with Crippen molar-refractivity contribution in [3.63, 3.8) is 0 Å². The molecule has 1 N–H and O–H groups in total. The van der Waals surface area contributed by atoms with E-state index in [1.807, 2.05) is 24.3 Å². The number of para-hydroxylation sites is 1. The average Bonchev–Trinajstić information content (AvgIpc) is 2.95. The van der Waals surface area contributed by atoms with Crippen LogP contribution >= 0.6 is 0 Å². The molecule has 1 amide bonds. The highest BCUT2D eigenvalue weighted by molar-refractivity contribution is 5.73. The standard InChI is InChI=1S/C15H18F2N4O/c1-11(22)20(2)10-12-5-3-4-6-13(12)19-9-14-18-7-8-21(14)15(16)17/h3-8,15,19H,9-10H2,1-2H3. The Balaban J connectivity index is 2.10. The van der Waals surface area contributed by atoms with Crippen molar-refractivity contribution in [1.29, 1.82) is 0 Å². The summed E-state index contributed by atoms with van der Waals surface area (Å²) in [5, 5.41) is 3.10. The van der Waals surface area contributed by atoms with Crippen molar-refractivity contribution in [2.75, 3.05) is 12.4 Å². The van der Waals surface area contributed by atoms with Crippen LogP contribution in [0.1, 0.15) is 24.9 Å². The van der Waals surface area contributed by atoms with E-state index >= 15 is 0 Å². The lowest BCUT2D eigenvalue weighted by molar-refractivity contribution is -0.128. The lowest BCUT2D eigenvalue weighted by atomic mass is 10.1. The van der Waals surface area contributed by atoms with E-state index in [-0.39, 0.29) is 18.3 Å². The molecule has 0 unspecified atom stereocenters. The molecule has 1 heterocycles. The number of imidazole rings is 1. The Labute approximate surface area is 127 Å². The first kappa shape index (κ1) is 15.9. The monoisotopic (exact) mass is 308 g/mol. The lowest BCUT2D eigenvalue weighted by Gasteiger charge is -2.18. The topological polar surface area (TPSA) is 50.2 Å². The van der Waals surface area contributed by atoms with Gasteiger partial charge in [-0.05, 0) is 11.6 Å². The second-order valence-electron chi connectivity index (χ2n) is 4.91. The van der Waals surface area contributed by atoms with Gasteiger partial charge in [0.1, 0.15) is 5.82 Å². The Hall–Kier alpha value is -2.44. The van der Waals surface area contributed by atoms with Crippen LogP contribution in [0.25, 0.3) is 0 Å². The molecule has 1 aromatic carbocycles. The van der Waals surface area contributed by atoms with Gasteiger partial charge in [-0.1, -0.05) is 18.2 Å². The highest BCUT2D eigenvalue weighted by atomic mass is 19.3. The van der Waals surface area contributed by atoms with Crippen LogP contribution in [-0.4, -0.2) is 27.4 Å². The molecule has 0 aliphatic carbocycles. The fraction of sp³-hybridized carbons (Fsp3) is 0.333. The van der Waals surface area contributed by atoms with Crippen molar-refractivity contribution in [3.8, 4) is 0 Å². The van der Waals surface area contributed by atoms with Gasteiger partial charge in [0.15, 0.2) is 0 Å². The Morgan fingerprint density at radius 2 is 2.14 bits per heavy atom. The quantitative estimate of drug-likeness (QED) is 0.893. The number of halogens is 2. The van der Waals surface area contributed by atoms with Gasteiger partial charge in [-0.25, -0.2) is 4.98 Å². The number of carbonyl (C=O) groups is 1. The normalized spacial score (nSPS) is 10.8. The molecule has 0 saturated carbocycles. The van der Waals surface area contributed by atoms with Crippen LogP contribution in [0.15, 0.2) is 36.7 Å². The smallest absolute Gasteiger partial charge is 0.319 e. The molecule has 0 radical (unpaired) electrons. The number of carbonyl (C=O) groups excluding carboxylic acids is 1. The van der Waals surface area contributed by atoms with Gasteiger partial charge in [0, 0.05) is 38.6 Å².